The highest BCUT2D eigenvalue weighted by Gasteiger charge is 2.31. The quantitative estimate of drug-likeness (QED) is 0.716. The van der Waals surface area contributed by atoms with Crippen LogP contribution < -0.4 is 9.47 Å². The first kappa shape index (κ1) is 21.9. The first-order valence-corrected chi connectivity index (χ1v) is 11.1. The molecule has 30 heavy (non-hydrogen) atoms. The van der Waals surface area contributed by atoms with E-state index in [9.17, 15) is 18.3 Å². The molecule has 2 aromatic rings. The van der Waals surface area contributed by atoms with Crippen molar-refractivity contribution in [3.63, 3.8) is 0 Å². The van der Waals surface area contributed by atoms with Gasteiger partial charge in [-0.15, -0.1) is 0 Å². The third kappa shape index (κ3) is 5.03. The summed E-state index contributed by atoms with van der Waals surface area (Å²) in [6, 6.07) is 11.3. The molecule has 1 aliphatic heterocycles. The van der Waals surface area contributed by atoms with E-state index in [1.54, 1.807) is 48.2 Å². The van der Waals surface area contributed by atoms with Crippen molar-refractivity contribution in [2.24, 2.45) is 0 Å². The van der Waals surface area contributed by atoms with Crippen molar-refractivity contribution in [1.82, 2.24) is 9.21 Å². The third-order valence-electron chi connectivity index (χ3n) is 4.99. The van der Waals surface area contributed by atoms with E-state index >= 15 is 0 Å². The summed E-state index contributed by atoms with van der Waals surface area (Å²) in [4.78, 5) is 14.3. The zero-order valence-corrected chi connectivity index (χ0v) is 17.9. The summed E-state index contributed by atoms with van der Waals surface area (Å²) in [5, 5.41) is 9.43. The van der Waals surface area contributed by atoms with E-state index in [0.29, 0.717) is 30.2 Å². The second kappa shape index (κ2) is 9.36. The molecule has 1 aliphatic rings. The summed E-state index contributed by atoms with van der Waals surface area (Å²) in [6.45, 7) is 3.08. The van der Waals surface area contributed by atoms with Crippen LogP contribution in [0.25, 0.3) is 0 Å². The van der Waals surface area contributed by atoms with Gasteiger partial charge in [0, 0.05) is 32.2 Å². The van der Waals surface area contributed by atoms with Gasteiger partial charge in [0.2, 0.25) is 15.9 Å². The first-order chi connectivity index (χ1) is 14.3. The number of methoxy groups -OCH3 is 1. The normalized spacial score (nSPS) is 15.1. The number of aromatic hydroxyl groups is 1. The maximum Gasteiger partial charge on any atom is 0.243 e. The van der Waals surface area contributed by atoms with Gasteiger partial charge in [-0.2, -0.15) is 4.31 Å². The smallest absolute Gasteiger partial charge is 0.243 e. The number of rotatable bonds is 7. The molecule has 1 saturated heterocycles. The Morgan fingerprint density at radius 2 is 1.80 bits per heavy atom. The molecule has 1 amide bonds. The summed E-state index contributed by atoms with van der Waals surface area (Å²) in [5.41, 5.74) is 0.622. The molecule has 0 aromatic heterocycles. The Morgan fingerprint density at radius 3 is 2.43 bits per heavy atom. The molecule has 2 aromatic carbocycles. The molecular formula is C21H26N2O6S. The standard InChI is InChI=1S/C21H26N2O6S/c1-16-14-18(28-2)6-7-20(16)30(26,27)23-11-9-22(10-12-23)21(25)8-13-29-19-5-3-4-17(24)15-19/h3-7,14-15,24H,8-13H2,1-2H3. The molecule has 0 spiro atoms. The first-order valence-electron chi connectivity index (χ1n) is 9.65. The highest BCUT2D eigenvalue weighted by Crippen LogP contribution is 2.25. The predicted octanol–water partition coefficient (Wildman–Crippen LogP) is 2.01. The molecule has 0 radical (unpaired) electrons. The lowest BCUT2D eigenvalue weighted by molar-refractivity contribution is -0.132. The number of hydrogen-bond donors (Lipinski definition) is 1. The monoisotopic (exact) mass is 434 g/mol. The maximum absolute atomic E-state index is 13.0. The number of carbonyl (C=O) groups is 1. The fraction of sp³-hybridized carbons (Fsp3) is 0.381. The van der Waals surface area contributed by atoms with Crippen LogP contribution >= 0.6 is 0 Å². The van der Waals surface area contributed by atoms with Crippen molar-refractivity contribution in [1.29, 1.82) is 0 Å². The topological polar surface area (TPSA) is 96.4 Å². The van der Waals surface area contributed by atoms with E-state index in [1.807, 2.05) is 0 Å². The van der Waals surface area contributed by atoms with Crippen LogP contribution in [0, 0.1) is 6.92 Å². The molecule has 8 nitrogen and oxygen atoms in total. The lowest BCUT2D eigenvalue weighted by Gasteiger charge is -2.34. The highest BCUT2D eigenvalue weighted by molar-refractivity contribution is 7.89. The van der Waals surface area contributed by atoms with Crippen LogP contribution in [-0.2, 0) is 14.8 Å². The minimum atomic E-state index is -3.63. The summed E-state index contributed by atoms with van der Waals surface area (Å²) >= 11 is 0. The summed E-state index contributed by atoms with van der Waals surface area (Å²) in [7, 11) is -2.10. The van der Waals surface area contributed by atoms with Crippen LogP contribution in [0.15, 0.2) is 47.4 Å². The van der Waals surface area contributed by atoms with E-state index in [0.717, 1.165) is 0 Å². The lowest BCUT2D eigenvalue weighted by Crippen LogP contribution is -2.50. The number of sulfonamides is 1. The van der Waals surface area contributed by atoms with E-state index < -0.39 is 10.0 Å². The number of ether oxygens (including phenoxy) is 2. The molecule has 1 heterocycles. The number of piperazine rings is 1. The molecule has 0 atom stereocenters. The zero-order chi connectivity index (χ0) is 21.7. The fourth-order valence-corrected chi connectivity index (χ4v) is 4.97. The largest absolute Gasteiger partial charge is 0.508 e. The average Bonchev–Trinajstić information content (AvgIpc) is 2.73. The molecule has 0 bridgehead atoms. The Bertz CT molecular complexity index is 1000. The number of benzene rings is 2. The van der Waals surface area contributed by atoms with Crippen LogP contribution in [0.1, 0.15) is 12.0 Å². The fourth-order valence-electron chi connectivity index (χ4n) is 3.34. The van der Waals surface area contributed by atoms with Gasteiger partial charge in [-0.1, -0.05) is 6.07 Å². The Hall–Kier alpha value is -2.78. The molecule has 1 N–H and O–H groups in total. The van der Waals surface area contributed by atoms with Crippen molar-refractivity contribution in [2.75, 3.05) is 39.9 Å². The number of amides is 1. The number of hydrogen-bond acceptors (Lipinski definition) is 6. The zero-order valence-electron chi connectivity index (χ0n) is 17.1. The van der Waals surface area contributed by atoms with Crippen molar-refractivity contribution >= 4 is 15.9 Å². The second-order valence-corrected chi connectivity index (χ2v) is 8.92. The van der Waals surface area contributed by atoms with E-state index in [-0.39, 0.29) is 42.7 Å². The van der Waals surface area contributed by atoms with Gasteiger partial charge in [-0.25, -0.2) is 8.42 Å². The molecule has 0 aliphatic carbocycles. The van der Waals surface area contributed by atoms with Crippen LogP contribution in [0.5, 0.6) is 17.2 Å². The molecule has 3 rings (SSSR count). The van der Waals surface area contributed by atoms with Gasteiger partial charge in [0.1, 0.15) is 17.2 Å². The second-order valence-electron chi connectivity index (χ2n) is 7.01. The van der Waals surface area contributed by atoms with Gasteiger partial charge in [0.25, 0.3) is 0 Å². The third-order valence-corrected chi connectivity index (χ3v) is 7.05. The number of carbonyl (C=O) groups excluding carboxylic acids is 1. The van der Waals surface area contributed by atoms with Gasteiger partial charge >= 0.3 is 0 Å². The van der Waals surface area contributed by atoms with E-state index in [4.69, 9.17) is 9.47 Å². The van der Waals surface area contributed by atoms with Crippen molar-refractivity contribution < 1.29 is 27.8 Å². The van der Waals surface area contributed by atoms with Gasteiger partial charge in [-0.3, -0.25) is 4.79 Å². The molecule has 0 unspecified atom stereocenters. The minimum Gasteiger partial charge on any atom is -0.508 e. The van der Waals surface area contributed by atoms with Crippen LogP contribution in [0.3, 0.4) is 0 Å². The van der Waals surface area contributed by atoms with E-state index in [1.165, 1.54) is 17.5 Å². The highest BCUT2D eigenvalue weighted by atomic mass is 32.2. The van der Waals surface area contributed by atoms with Gasteiger partial charge in [0.15, 0.2) is 0 Å². The van der Waals surface area contributed by atoms with Crippen molar-refractivity contribution in [2.45, 2.75) is 18.2 Å². The molecular weight excluding hydrogens is 408 g/mol. The van der Waals surface area contributed by atoms with Crippen LogP contribution in [-0.4, -0.2) is 68.5 Å². The van der Waals surface area contributed by atoms with Gasteiger partial charge < -0.3 is 19.5 Å². The lowest BCUT2D eigenvalue weighted by atomic mass is 10.2. The minimum absolute atomic E-state index is 0.0900. The van der Waals surface area contributed by atoms with Crippen molar-refractivity contribution in [3.8, 4) is 17.2 Å². The molecule has 162 valence electrons. The van der Waals surface area contributed by atoms with Crippen LogP contribution in [0.2, 0.25) is 0 Å². The number of nitrogens with zero attached hydrogens (tertiary/aromatic N) is 2. The van der Waals surface area contributed by atoms with Gasteiger partial charge in [-0.05, 0) is 42.8 Å². The van der Waals surface area contributed by atoms with Gasteiger partial charge in [0.05, 0.1) is 25.0 Å². The summed E-state index contributed by atoms with van der Waals surface area (Å²) < 4.78 is 38.0. The number of phenolic OH excluding ortho intramolecular Hbond substituents is 1. The Morgan fingerprint density at radius 1 is 1.07 bits per heavy atom. The predicted molar refractivity (Wildman–Crippen MR) is 111 cm³/mol. The summed E-state index contributed by atoms with van der Waals surface area (Å²) in [5.74, 6) is 1.11. The average molecular weight is 435 g/mol. The summed E-state index contributed by atoms with van der Waals surface area (Å²) in [6.07, 6.45) is 0.181. The number of phenols is 1. The Kier molecular flexibility index (Phi) is 6.84. The van der Waals surface area contributed by atoms with Crippen LogP contribution in [0.4, 0.5) is 0 Å². The Balaban J connectivity index is 1.53. The SMILES string of the molecule is COc1ccc(S(=O)(=O)N2CCN(C(=O)CCOc3cccc(O)c3)CC2)c(C)c1. The molecule has 1 fully saturated rings. The maximum atomic E-state index is 13.0. The number of aryl methyl sites for hydroxylation is 1. The Labute approximate surface area is 176 Å². The molecule has 9 heteroatoms. The molecule has 0 saturated carbocycles. The van der Waals surface area contributed by atoms with E-state index in [2.05, 4.69) is 0 Å². The van der Waals surface area contributed by atoms with Crippen molar-refractivity contribution in [3.05, 3.63) is 48.0 Å².